The first-order chi connectivity index (χ1) is 8.74. The molecule has 2 aliphatic heterocycles. The minimum atomic E-state index is 0.0986. The molecule has 3 atom stereocenters. The number of fused-ring (bicyclic) bond motifs is 1. The van der Waals surface area contributed by atoms with E-state index in [-0.39, 0.29) is 12.1 Å². The van der Waals surface area contributed by atoms with E-state index in [1.54, 1.807) is 11.3 Å². The molecule has 2 N–H and O–H groups in total. The smallest absolute Gasteiger partial charge is 0.0856 e. The van der Waals surface area contributed by atoms with Gasteiger partial charge in [0.25, 0.3) is 0 Å². The van der Waals surface area contributed by atoms with Gasteiger partial charge in [0.05, 0.1) is 12.7 Å². The molecule has 5 heteroatoms. The van der Waals surface area contributed by atoms with Gasteiger partial charge in [-0.3, -0.25) is 4.90 Å². The Kier molecular flexibility index (Phi) is 4.06. The van der Waals surface area contributed by atoms with Gasteiger partial charge in [-0.15, -0.1) is 11.3 Å². The van der Waals surface area contributed by atoms with Crippen molar-refractivity contribution in [3.8, 4) is 0 Å². The number of hydrogen-bond acceptors (Lipinski definition) is 4. The molecule has 0 spiro atoms. The zero-order valence-corrected chi connectivity index (χ0v) is 12.8. The molecule has 3 nitrogen and oxygen atoms in total. The van der Waals surface area contributed by atoms with Crippen molar-refractivity contribution in [1.29, 1.82) is 0 Å². The molecule has 1 aromatic heterocycles. The van der Waals surface area contributed by atoms with E-state index in [1.807, 2.05) is 0 Å². The average molecular weight is 331 g/mol. The van der Waals surface area contributed by atoms with Crippen molar-refractivity contribution < 1.29 is 4.74 Å². The Hall–Kier alpha value is 0.0600. The molecule has 2 fully saturated rings. The highest BCUT2D eigenvalue weighted by molar-refractivity contribution is 9.10. The quantitative estimate of drug-likeness (QED) is 0.923. The maximum Gasteiger partial charge on any atom is 0.0856 e. The number of rotatable bonds is 3. The van der Waals surface area contributed by atoms with Crippen LogP contribution in [0.3, 0.4) is 0 Å². The summed E-state index contributed by atoms with van der Waals surface area (Å²) in [5, 5.41) is 2.10. The summed E-state index contributed by atoms with van der Waals surface area (Å²) in [5.74, 6) is 0. The summed E-state index contributed by atoms with van der Waals surface area (Å²) in [7, 11) is 0. The second kappa shape index (κ2) is 5.59. The number of morpholine rings is 1. The summed E-state index contributed by atoms with van der Waals surface area (Å²) >= 11 is 5.33. The minimum Gasteiger partial charge on any atom is -0.374 e. The van der Waals surface area contributed by atoms with Crippen LogP contribution in [0.4, 0.5) is 0 Å². The zero-order chi connectivity index (χ0) is 12.5. The lowest BCUT2D eigenvalue weighted by molar-refractivity contribution is -0.0588. The second-order valence-electron chi connectivity index (χ2n) is 5.22. The van der Waals surface area contributed by atoms with Crippen LogP contribution in [-0.4, -0.2) is 42.8 Å². The fourth-order valence-corrected chi connectivity index (χ4v) is 4.51. The monoisotopic (exact) mass is 330 g/mol. The van der Waals surface area contributed by atoms with Crippen LogP contribution in [0.1, 0.15) is 17.7 Å². The predicted octanol–water partition coefficient (Wildman–Crippen LogP) is 2.24. The van der Waals surface area contributed by atoms with Crippen LogP contribution < -0.4 is 5.73 Å². The summed E-state index contributed by atoms with van der Waals surface area (Å²) in [4.78, 5) is 3.88. The highest BCUT2D eigenvalue weighted by atomic mass is 79.9. The van der Waals surface area contributed by atoms with Gasteiger partial charge in [-0.1, -0.05) is 0 Å². The van der Waals surface area contributed by atoms with Gasteiger partial charge < -0.3 is 10.5 Å². The Morgan fingerprint density at radius 2 is 2.50 bits per heavy atom. The van der Waals surface area contributed by atoms with E-state index in [2.05, 4.69) is 32.3 Å². The van der Waals surface area contributed by atoms with E-state index in [1.165, 1.54) is 28.7 Å². The van der Waals surface area contributed by atoms with Gasteiger partial charge in [0.15, 0.2) is 0 Å². The third-order valence-corrected chi connectivity index (χ3v) is 5.95. The number of thiophene rings is 1. The lowest BCUT2D eigenvalue weighted by atomic mass is 10.0. The second-order valence-corrected chi connectivity index (χ2v) is 7.08. The molecule has 0 radical (unpaired) electrons. The maximum atomic E-state index is 6.33. The van der Waals surface area contributed by atoms with Crippen LogP contribution in [0.5, 0.6) is 0 Å². The van der Waals surface area contributed by atoms with Crippen molar-refractivity contribution in [1.82, 2.24) is 4.90 Å². The van der Waals surface area contributed by atoms with Crippen LogP contribution in [0.15, 0.2) is 15.9 Å². The molecule has 0 saturated carbocycles. The molecule has 100 valence electrons. The summed E-state index contributed by atoms with van der Waals surface area (Å²) in [6, 6.07) is 2.84. The molecule has 3 rings (SSSR count). The molecule has 3 heterocycles. The number of hydrogen-bond donors (Lipinski definition) is 1. The molecule has 0 aliphatic carbocycles. The SMILES string of the molecule is NC(Cc1sccc1Br)C1CN2CCCC2CO1. The van der Waals surface area contributed by atoms with Crippen LogP contribution in [0.25, 0.3) is 0 Å². The fourth-order valence-electron chi connectivity index (χ4n) is 2.92. The fraction of sp³-hybridized carbons (Fsp3) is 0.692. The van der Waals surface area contributed by atoms with Crippen molar-refractivity contribution in [3.05, 3.63) is 20.8 Å². The predicted molar refractivity (Wildman–Crippen MR) is 78.0 cm³/mol. The molecule has 3 unspecified atom stereocenters. The highest BCUT2D eigenvalue weighted by Crippen LogP contribution is 2.27. The van der Waals surface area contributed by atoms with E-state index in [0.29, 0.717) is 6.04 Å². The summed E-state index contributed by atoms with van der Waals surface area (Å²) < 4.78 is 7.14. The van der Waals surface area contributed by atoms with E-state index < -0.39 is 0 Å². The number of nitrogens with zero attached hydrogens (tertiary/aromatic N) is 1. The molecule has 0 aromatic carbocycles. The third-order valence-electron chi connectivity index (χ3n) is 4.01. The Morgan fingerprint density at radius 3 is 3.28 bits per heavy atom. The number of ether oxygens (including phenoxy) is 1. The van der Waals surface area contributed by atoms with Gasteiger partial charge in [0, 0.05) is 34.4 Å². The molecular weight excluding hydrogens is 312 g/mol. The van der Waals surface area contributed by atoms with Crippen molar-refractivity contribution in [3.63, 3.8) is 0 Å². The van der Waals surface area contributed by atoms with Crippen LogP contribution >= 0.6 is 27.3 Å². The van der Waals surface area contributed by atoms with E-state index in [9.17, 15) is 0 Å². The minimum absolute atomic E-state index is 0.0986. The molecule has 0 bridgehead atoms. The number of halogens is 1. The molecule has 2 saturated heterocycles. The summed E-state index contributed by atoms with van der Waals surface area (Å²) in [5.41, 5.74) is 6.33. The lowest BCUT2D eigenvalue weighted by Crippen LogP contribution is -2.53. The van der Waals surface area contributed by atoms with Crippen LogP contribution in [-0.2, 0) is 11.2 Å². The Morgan fingerprint density at radius 1 is 1.61 bits per heavy atom. The van der Waals surface area contributed by atoms with E-state index in [4.69, 9.17) is 10.5 Å². The topological polar surface area (TPSA) is 38.5 Å². The van der Waals surface area contributed by atoms with E-state index in [0.717, 1.165) is 19.6 Å². The largest absolute Gasteiger partial charge is 0.374 e. The average Bonchev–Trinajstić information content (AvgIpc) is 2.98. The Labute approximate surface area is 120 Å². The Balaban J connectivity index is 1.59. The van der Waals surface area contributed by atoms with Crippen LogP contribution in [0.2, 0.25) is 0 Å². The third kappa shape index (κ3) is 2.65. The van der Waals surface area contributed by atoms with Gasteiger partial charge in [-0.2, -0.15) is 0 Å². The molecule has 1 aromatic rings. The first kappa shape index (κ1) is 13.1. The first-order valence-corrected chi connectivity index (χ1v) is 8.24. The van der Waals surface area contributed by atoms with Gasteiger partial charge in [0.2, 0.25) is 0 Å². The van der Waals surface area contributed by atoms with Crippen molar-refractivity contribution in [2.75, 3.05) is 19.7 Å². The Bertz CT molecular complexity index is 411. The van der Waals surface area contributed by atoms with E-state index >= 15 is 0 Å². The zero-order valence-electron chi connectivity index (χ0n) is 10.3. The maximum absolute atomic E-state index is 6.33. The highest BCUT2D eigenvalue weighted by Gasteiger charge is 2.34. The molecule has 0 amide bonds. The molecule has 2 aliphatic rings. The van der Waals surface area contributed by atoms with Crippen molar-refractivity contribution in [2.24, 2.45) is 5.73 Å². The van der Waals surface area contributed by atoms with Crippen LogP contribution in [0, 0.1) is 0 Å². The van der Waals surface area contributed by atoms with Gasteiger partial charge >= 0.3 is 0 Å². The number of nitrogens with two attached hydrogens (primary N) is 1. The van der Waals surface area contributed by atoms with Gasteiger partial charge in [-0.25, -0.2) is 0 Å². The summed E-state index contributed by atoms with van der Waals surface area (Å²) in [6.07, 6.45) is 3.69. The first-order valence-electron chi connectivity index (χ1n) is 6.57. The van der Waals surface area contributed by atoms with Gasteiger partial charge in [-0.05, 0) is 46.8 Å². The lowest BCUT2D eigenvalue weighted by Gasteiger charge is -2.37. The van der Waals surface area contributed by atoms with Crippen molar-refractivity contribution in [2.45, 2.75) is 37.5 Å². The molecular formula is C13H19BrN2OS. The normalized spacial score (nSPS) is 30.3. The molecule has 18 heavy (non-hydrogen) atoms. The summed E-state index contributed by atoms with van der Waals surface area (Å²) in [6.45, 7) is 3.10. The standard InChI is InChI=1S/C13H19BrN2OS/c14-10-3-5-18-13(10)6-11(15)12-7-16-4-1-2-9(16)8-17-12/h3,5,9,11-12H,1-2,4,6-8,15H2. The van der Waals surface area contributed by atoms with Crippen molar-refractivity contribution >= 4 is 27.3 Å². The van der Waals surface area contributed by atoms with Gasteiger partial charge in [0.1, 0.15) is 0 Å².